The first kappa shape index (κ1) is 13.7. The molecule has 1 saturated carbocycles. The van der Waals surface area contributed by atoms with Crippen molar-refractivity contribution in [3.05, 3.63) is 44.3 Å². The van der Waals surface area contributed by atoms with Crippen LogP contribution >= 0.6 is 15.9 Å². The highest BCUT2D eigenvalue weighted by Crippen LogP contribution is 2.39. The summed E-state index contributed by atoms with van der Waals surface area (Å²) in [5.41, 5.74) is 0.214. The fourth-order valence-electron chi connectivity index (χ4n) is 2.76. The molecule has 7 nitrogen and oxygen atoms in total. The number of aromatic amines is 1. The van der Waals surface area contributed by atoms with Crippen molar-refractivity contribution in [3.63, 3.8) is 0 Å². The van der Waals surface area contributed by atoms with Crippen molar-refractivity contribution in [1.29, 1.82) is 0 Å². The smallest absolute Gasteiger partial charge is 0.262 e. The summed E-state index contributed by atoms with van der Waals surface area (Å²) >= 11 is 3.15. The van der Waals surface area contributed by atoms with Crippen LogP contribution in [0.3, 0.4) is 0 Å². The van der Waals surface area contributed by atoms with Gasteiger partial charge < -0.3 is 14.5 Å². The van der Waals surface area contributed by atoms with Crippen LogP contribution in [0.4, 0.5) is 0 Å². The molecule has 1 N–H and O–H groups in total. The highest BCUT2D eigenvalue weighted by atomic mass is 79.9. The average molecular weight is 364 g/mol. The first-order valence-corrected chi connectivity index (χ1v) is 8.02. The van der Waals surface area contributed by atoms with Gasteiger partial charge in [0.2, 0.25) is 0 Å². The number of nitrogens with one attached hydrogen (secondary N) is 1. The summed E-state index contributed by atoms with van der Waals surface area (Å²) in [6.45, 7) is 1.81. The number of hydrogen-bond acceptors (Lipinski definition) is 4. The van der Waals surface area contributed by atoms with Crippen molar-refractivity contribution >= 4 is 21.8 Å². The first-order chi connectivity index (χ1) is 10.6. The van der Waals surface area contributed by atoms with E-state index in [1.165, 1.54) is 19.0 Å². The summed E-state index contributed by atoms with van der Waals surface area (Å²) in [6, 6.07) is 1.55. The topological polar surface area (TPSA) is 83.9 Å². The van der Waals surface area contributed by atoms with E-state index in [9.17, 15) is 9.59 Å². The molecule has 0 saturated heterocycles. The van der Waals surface area contributed by atoms with E-state index in [4.69, 9.17) is 0 Å². The number of carbonyl (C=O) groups is 1. The third kappa shape index (κ3) is 2.27. The second kappa shape index (κ2) is 5.05. The second-order valence-corrected chi connectivity index (χ2v) is 6.55. The summed E-state index contributed by atoms with van der Waals surface area (Å²) in [6.07, 6.45) is 3.82. The van der Waals surface area contributed by atoms with Crippen LogP contribution in [0.25, 0.3) is 0 Å². The van der Waals surface area contributed by atoms with Crippen LogP contribution in [-0.2, 0) is 13.1 Å². The molecular formula is C14H14BrN5O2. The van der Waals surface area contributed by atoms with Gasteiger partial charge in [-0.3, -0.25) is 9.59 Å². The Morgan fingerprint density at radius 3 is 2.86 bits per heavy atom. The zero-order valence-electron chi connectivity index (χ0n) is 11.8. The van der Waals surface area contributed by atoms with E-state index >= 15 is 0 Å². The second-order valence-electron chi connectivity index (χ2n) is 5.69. The minimum atomic E-state index is -0.246. The van der Waals surface area contributed by atoms with Crippen LogP contribution in [0.5, 0.6) is 0 Å². The molecular weight excluding hydrogens is 350 g/mol. The normalized spacial score (nSPS) is 17.4. The molecule has 1 fully saturated rings. The van der Waals surface area contributed by atoms with Crippen molar-refractivity contribution < 1.29 is 4.79 Å². The molecule has 2 aliphatic rings. The van der Waals surface area contributed by atoms with E-state index in [0.717, 1.165) is 18.2 Å². The molecule has 1 aliphatic carbocycles. The number of H-pyrrole nitrogens is 1. The van der Waals surface area contributed by atoms with Crippen LogP contribution < -0.4 is 5.56 Å². The summed E-state index contributed by atoms with van der Waals surface area (Å²) in [7, 11) is 0. The third-order valence-electron chi connectivity index (χ3n) is 4.12. The van der Waals surface area contributed by atoms with Gasteiger partial charge in [-0.05, 0) is 34.8 Å². The molecule has 2 aromatic rings. The number of pyridine rings is 1. The van der Waals surface area contributed by atoms with E-state index in [-0.39, 0.29) is 11.5 Å². The fraction of sp³-hybridized carbons (Fsp3) is 0.429. The van der Waals surface area contributed by atoms with Gasteiger partial charge in [0, 0.05) is 25.2 Å². The van der Waals surface area contributed by atoms with Crippen molar-refractivity contribution in [3.8, 4) is 0 Å². The quantitative estimate of drug-likeness (QED) is 0.870. The number of rotatable bonds is 2. The molecule has 1 amide bonds. The number of halogens is 1. The van der Waals surface area contributed by atoms with Gasteiger partial charge in [0.15, 0.2) is 5.82 Å². The molecule has 2 aromatic heterocycles. The number of hydrogen-bond donors (Lipinski definition) is 1. The molecule has 3 heterocycles. The maximum atomic E-state index is 12.6. The number of fused-ring (bicyclic) bond motifs is 1. The molecule has 8 heteroatoms. The van der Waals surface area contributed by atoms with E-state index in [1.54, 1.807) is 11.0 Å². The molecule has 22 heavy (non-hydrogen) atoms. The number of amides is 1. The Labute approximate surface area is 134 Å². The van der Waals surface area contributed by atoms with Crippen molar-refractivity contribution in [2.24, 2.45) is 0 Å². The molecule has 0 spiro atoms. The number of carbonyl (C=O) groups excluding carboxylic acids is 1. The number of aromatic nitrogens is 4. The minimum absolute atomic E-state index is 0.112. The van der Waals surface area contributed by atoms with Crippen molar-refractivity contribution in [1.82, 2.24) is 24.6 Å². The highest BCUT2D eigenvalue weighted by Gasteiger charge is 2.33. The summed E-state index contributed by atoms with van der Waals surface area (Å²) in [5, 5.41) is 8.50. The van der Waals surface area contributed by atoms with E-state index in [2.05, 4.69) is 35.7 Å². The lowest BCUT2D eigenvalue weighted by molar-refractivity contribution is 0.0706. The van der Waals surface area contributed by atoms with Gasteiger partial charge in [0.25, 0.3) is 11.5 Å². The predicted octanol–water partition coefficient (Wildman–Crippen LogP) is 1.26. The van der Waals surface area contributed by atoms with Gasteiger partial charge in [-0.25, -0.2) is 0 Å². The third-order valence-corrected chi connectivity index (χ3v) is 4.71. The Bertz CT molecular complexity index is 808. The van der Waals surface area contributed by atoms with E-state index in [1.807, 2.05) is 0 Å². The van der Waals surface area contributed by atoms with Crippen LogP contribution in [0.1, 0.15) is 40.8 Å². The molecule has 1 aliphatic heterocycles. The molecule has 4 rings (SSSR count). The van der Waals surface area contributed by atoms with Crippen LogP contribution in [0.2, 0.25) is 0 Å². The van der Waals surface area contributed by atoms with Gasteiger partial charge in [0.05, 0.1) is 16.6 Å². The molecule has 0 radical (unpaired) electrons. The lowest BCUT2D eigenvalue weighted by Crippen LogP contribution is -2.39. The predicted molar refractivity (Wildman–Crippen MR) is 81.5 cm³/mol. The van der Waals surface area contributed by atoms with E-state index < -0.39 is 0 Å². The minimum Gasteiger partial charge on any atom is -0.329 e. The Morgan fingerprint density at radius 2 is 2.14 bits per heavy atom. The Balaban J connectivity index is 1.57. The average Bonchev–Trinajstić information content (AvgIpc) is 3.28. The lowest BCUT2D eigenvalue weighted by Gasteiger charge is -2.28. The van der Waals surface area contributed by atoms with Gasteiger partial charge in [-0.15, -0.1) is 10.2 Å². The summed E-state index contributed by atoms with van der Waals surface area (Å²) in [5.74, 6) is 2.34. The largest absolute Gasteiger partial charge is 0.329 e. The Hall–Kier alpha value is -1.96. The van der Waals surface area contributed by atoms with Gasteiger partial charge in [0.1, 0.15) is 5.82 Å². The van der Waals surface area contributed by atoms with Gasteiger partial charge in [-0.1, -0.05) is 0 Å². The lowest BCUT2D eigenvalue weighted by atomic mass is 10.2. The monoisotopic (exact) mass is 363 g/mol. The van der Waals surface area contributed by atoms with Gasteiger partial charge >= 0.3 is 0 Å². The van der Waals surface area contributed by atoms with Crippen molar-refractivity contribution in [2.75, 3.05) is 6.54 Å². The maximum Gasteiger partial charge on any atom is 0.262 e. The Kier molecular flexibility index (Phi) is 3.14. The molecule has 0 aromatic carbocycles. The molecule has 114 valence electrons. The molecule has 0 atom stereocenters. The van der Waals surface area contributed by atoms with Crippen LogP contribution in [0, 0.1) is 0 Å². The molecule has 0 bridgehead atoms. The standard InChI is InChI=1S/C14H14BrN5O2/c15-10-5-9(6-16-13(10)21)14(22)19-3-4-20-11(7-19)17-18-12(20)8-1-2-8/h5-6,8H,1-4,7H2,(H,16,21). The van der Waals surface area contributed by atoms with Crippen LogP contribution in [0.15, 0.2) is 21.5 Å². The zero-order chi connectivity index (χ0) is 15.3. The summed E-state index contributed by atoms with van der Waals surface area (Å²) < 4.78 is 2.50. The highest BCUT2D eigenvalue weighted by molar-refractivity contribution is 9.10. The van der Waals surface area contributed by atoms with Crippen LogP contribution in [-0.4, -0.2) is 37.1 Å². The number of nitrogens with zero attached hydrogens (tertiary/aromatic N) is 4. The molecule has 0 unspecified atom stereocenters. The SMILES string of the molecule is O=C(c1c[nH]c(=O)c(Br)c1)N1CCn2c(nnc2C2CC2)C1. The van der Waals surface area contributed by atoms with Crippen molar-refractivity contribution in [2.45, 2.75) is 31.8 Å². The fourth-order valence-corrected chi connectivity index (χ4v) is 3.12. The summed E-state index contributed by atoms with van der Waals surface area (Å²) in [4.78, 5) is 28.2. The first-order valence-electron chi connectivity index (χ1n) is 7.23. The maximum absolute atomic E-state index is 12.6. The zero-order valence-corrected chi connectivity index (χ0v) is 13.3. The Morgan fingerprint density at radius 1 is 1.32 bits per heavy atom. The van der Waals surface area contributed by atoms with Gasteiger partial charge in [-0.2, -0.15) is 0 Å². The van der Waals surface area contributed by atoms with E-state index in [0.29, 0.717) is 29.0 Å².